The number of rotatable bonds is 5. The second kappa shape index (κ2) is 9.82. The largest absolute Gasteiger partial charge is 0.507 e. The molecule has 3 aliphatic heterocycles. The third-order valence-electron chi connectivity index (χ3n) is 6.73. The summed E-state index contributed by atoms with van der Waals surface area (Å²) >= 11 is 12.7. The Labute approximate surface area is 213 Å². The molecular weight excluding hydrogens is 491 g/mol. The van der Waals surface area contributed by atoms with E-state index >= 15 is 0 Å². The van der Waals surface area contributed by atoms with Gasteiger partial charge in [0.15, 0.2) is 0 Å². The van der Waals surface area contributed by atoms with Crippen LogP contribution in [0.1, 0.15) is 29.7 Å². The predicted molar refractivity (Wildman–Crippen MR) is 133 cm³/mol. The molecule has 184 valence electrons. The zero-order valence-electron chi connectivity index (χ0n) is 19.3. The van der Waals surface area contributed by atoms with E-state index in [1.807, 2.05) is 13.0 Å². The number of amides is 1. The molecule has 0 saturated carbocycles. The van der Waals surface area contributed by atoms with E-state index in [-0.39, 0.29) is 17.4 Å². The second-order valence-electron chi connectivity index (χ2n) is 9.07. The van der Waals surface area contributed by atoms with Crippen molar-refractivity contribution in [2.24, 2.45) is 0 Å². The van der Waals surface area contributed by atoms with Crippen molar-refractivity contribution in [2.45, 2.75) is 25.5 Å². The number of benzene rings is 2. The van der Waals surface area contributed by atoms with E-state index in [1.165, 1.54) is 4.90 Å². The molecule has 2 unspecified atom stereocenters. The van der Waals surface area contributed by atoms with Crippen LogP contribution in [0.25, 0.3) is 5.76 Å². The summed E-state index contributed by atoms with van der Waals surface area (Å²) in [5.74, 6) is -0.854. The summed E-state index contributed by atoms with van der Waals surface area (Å²) in [6.45, 7) is 5.63. The number of hydrogen-bond acceptors (Lipinski definition) is 6. The summed E-state index contributed by atoms with van der Waals surface area (Å²) in [5.41, 5.74) is 1.97. The first-order valence-corrected chi connectivity index (χ1v) is 12.4. The van der Waals surface area contributed by atoms with Gasteiger partial charge in [0.05, 0.1) is 24.8 Å². The van der Waals surface area contributed by atoms with Crippen LogP contribution in [0.5, 0.6) is 5.75 Å². The minimum Gasteiger partial charge on any atom is -0.507 e. The smallest absolute Gasteiger partial charge is 0.295 e. The van der Waals surface area contributed by atoms with E-state index in [2.05, 4.69) is 4.90 Å². The van der Waals surface area contributed by atoms with Crippen molar-refractivity contribution >= 4 is 40.7 Å². The van der Waals surface area contributed by atoms with Gasteiger partial charge >= 0.3 is 0 Å². The maximum absolute atomic E-state index is 13.3. The molecular formula is C26H26Cl2N2O5. The highest BCUT2D eigenvalue weighted by atomic mass is 35.5. The van der Waals surface area contributed by atoms with Crippen molar-refractivity contribution in [3.05, 3.63) is 68.7 Å². The van der Waals surface area contributed by atoms with Crippen molar-refractivity contribution in [3.63, 3.8) is 0 Å². The van der Waals surface area contributed by atoms with Crippen LogP contribution >= 0.6 is 23.2 Å². The molecule has 5 rings (SSSR count). The molecule has 0 radical (unpaired) electrons. The Morgan fingerprint density at radius 3 is 2.60 bits per heavy atom. The van der Waals surface area contributed by atoms with Crippen LogP contribution in [0, 0.1) is 0 Å². The Kier molecular flexibility index (Phi) is 6.77. The van der Waals surface area contributed by atoms with Gasteiger partial charge in [-0.05, 0) is 48.4 Å². The van der Waals surface area contributed by atoms with Crippen molar-refractivity contribution in [1.29, 1.82) is 0 Å². The molecule has 35 heavy (non-hydrogen) atoms. The van der Waals surface area contributed by atoms with Crippen LogP contribution in [-0.4, -0.2) is 72.1 Å². The molecule has 3 heterocycles. The van der Waals surface area contributed by atoms with Gasteiger partial charge in [-0.3, -0.25) is 14.5 Å². The van der Waals surface area contributed by atoms with Crippen molar-refractivity contribution in [2.75, 3.05) is 39.4 Å². The molecule has 0 bridgehead atoms. The van der Waals surface area contributed by atoms with Crippen LogP contribution in [-0.2, 0) is 20.7 Å². The summed E-state index contributed by atoms with van der Waals surface area (Å²) in [7, 11) is 0. The number of likely N-dealkylation sites (tertiary alicyclic amines) is 1. The summed E-state index contributed by atoms with van der Waals surface area (Å²) in [6.07, 6.45) is 0.748. The number of carbonyl (C=O) groups excluding carboxylic acids is 2. The zero-order valence-corrected chi connectivity index (χ0v) is 20.8. The number of fused-ring (bicyclic) bond motifs is 1. The van der Waals surface area contributed by atoms with E-state index in [4.69, 9.17) is 32.7 Å². The average molecular weight is 517 g/mol. The Morgan fingerprint density at radius 2 is 1.86 bits per heavy atom. The lowest BCUT2D eigenvalue weighted by molar-refractivity contribution is -0.140. The van der Waals surface area contributed by atoms with Gasteiger partial charge in [0.2, 0.25) is 0 Å². The first kappa shape index (κ1) is 24.1. The van der Waals surface area contributed by atoms with Gasteiger partial charge in [-0.25, -0.2) is 0 Å². The highest BCUT2D eigenvalue weighted by Crippen LogP contribution is 2.43. The Balaban J connectivity index is 1.56. The first-order chi connectivity index (χ1) is 16.8. The number of ketones is 1. The lowest BCUT2D eigenvalue weighted by Gasteiger charge is -2.31. The second-order valence-corrected chi connectivity index (χ2v) is 9.91. The van der Waals surface area contributed by atoms with Gasteiger partial charge in [0, 0.05) is 48.2 Å². The summed E-state index contributed by atoms with van der Waals surface area (Å²) < 4.78 is 11.2. The number of carbonyl (C=O) groups is 2. The fraction of sp³-hybridized carbons (Fsp3) is 0.385. The number of Topliss-reactive ketones (excluding diaryl/α,β-unsaturated/α-hetero) is 1. The van der Waals surface area contributed by atoms with Gasteiger partial charge in [0.25, 0.3) is 11.7 Å². The lowest BCUT2D eigenvalue weighted by Crippen LogP contribution is -2.42. The van der Waals surface area contributed by atoms with E-state index in [0.29, 0.717) is 53.9 Å². The van der Waals surface area contributed by atoms with Gasteiger partial charge < -0.3 is 19.5 Å². The normalized spacial score (nSPS) is 24.0. The minimum atomic E-state index is -0.829. The summed E-state index contributed by atoms with van der Waals surface area (Å²) in [5, 5.41) is 12.1. The topological polar surface area (TPSA) is 79.3 Å². The lowest BCUT2D eigenvalue weighted by atomic mass is 9.94. The van der Waals surface area contributed by atoms with Crippen LogP contribution in [0.4, 0.5) is 0 Å². The van der Waals surface area contributed by atoms with Crippen molar-refractivity contribution in [1.82, 2.24) is 9.80 Å². The standard InChI is InChI=1S/C26H26Cl2N2O5/c1-15-12-17-13-16(2-5-21(17)35-15)24(31)22-23(19-4-3-18(27)14-20(19)28)30(26(33)25(22)32)7-6-29-8-10-34-11-9-29/h2-5,13-15,23,31H,6-12H2,1H3. The molecule has 2 saturated heterocycles. The molecule has 2 fully saturated rings. The number of halogens is 2. The third-order valence-corrected chi connectivity index (χ3v) is 7.29. The van der Waals surface area contributed by atoms with E-state index in [9.17, 15) is 14.7 Å². The third kappa shape index (κ3) is 4.66. The SMILES string of the molecule is CC1Cc2cc(C(O)=C3C(=O)C(=O)N(CCN4CCOCC4)C3c3ccc(Cl)cc3Cl)ccc2O1. The van der Waals surface area contributed by atoms with Crippen molar-refractivity contribution in [3.8, 4) is 5.75 Å². The summed E-state index contributed by atoms with van der Waals surface area (Å²) in [6, 6.07) is 9.42. The molecule has 9 heteroatoms. The number of nitrogens with zero attached hydrogens (tertiary/aromatic N) is 2. The quantitative estimate of drug-likeness (QED) is 0.366. The molecule has 3 aliphatic rings. The van der Waals surface area contributed by atoms with Gasteiger partial charge in [-0.1, -0.05) is 29.3 Å². The van der Waals surface area contributed by atoms with E-state index < -0.39 is 17.7 Å². The first-order valence-electron chi connectivity index (χ1n) is 11.7. The monoisotopic (exact) mass is 516 g/mol. The molecule has 1 N–H and O–H groups in total. The molecule has 7 nitrogen and oxygen atoms in total. The molecule has 1 amide bonds. The predicted octanol–water partition coefficient (Wildman–Crippen LogP) is 4.07. The van der Waals surface area contributed by atoms with Crippen LogP contribution in [0.3, 0.4) is 0 Å². The molecule has 0 aromatic heterocycles. The van der Waals surface area contributed by atoms with E-state index in [1.54, 1.807) is 30.3 Å². The van der Waals surface area contributed by atoms with Crippen LogP contribution in [0.15, 0.2) is 42.0 Å². The highest BCUT2D eigenvalue weighted by molar-refractivity contribution is 6.47. The van der Waals surface area contributed by atoms with Crippen LogP contribution < -0.4 is 4.74 Å². The Hall–Kier alpha value is -2.58. The van der Waals surface area contributed by atoms with Crippen molar-refractivity contribution < 1.29 is 24.2 Å². The number of morpholine rings is 1. The maximum atomic E-state index is 13.3. The molecule has 2 atom stereocenters. The zero-order chi connectivity index (χ0) is 24.7. The fourth-order valence-electron chi connectivity index (χ4n) is 4.96. The highest BCUT2D eigenvalue weighted by Gasteiger charge is 2.46. The number of aliphatic hydroxyl groups excluding tert-OH is 1. The van der Waals surface area contributed by atoms with Gasteiger partial charge in [0.1, 0.15) is 17.6 Å². The molecule has 2 aromatic carbocycles. The molecule has 0 spiro atoms. The van der Waals surface area contributed by atoms with Gasteiger partial charge in [-0.15, -0.1) is 0 Å². The van der Waals surface area contributed by atoms with Crippen LogP contribution in [0.2, 0.25) is 10.0 Å². The Bertz CT molecular complexity index is 1210. The van der Waals surface area contributed by atoms with Gasteiger partial charge in [-0.2, -0.15) is 0 Å². The Morgan fingerprint density at radius 1 is 1.09 bits per heavy atom. The molecule has 0 aliphatic carbocycles. The molecule has 2 aromatic rings. The maximum Gasteiger partial charge on any atom is 0.295 e. The van der Waals surface area contributed by atoms with E-state index in [0.717, 1.165) is 24.4 Å². The number of ether oxygens (including phenoxy) is 2. The minimum absolute atomic E-state index is 0.0214. The summed E-state index contributed by atoms with van der Waals surface area (Å²) in [4.78, 5) is 30.2. The number of hydrogen-bond donors (Lipinski definition) is 1. The fourth-order valence-corrected chi connectivity index (χ4v) is 5.47. The number of aliphatic hydroxyl groups is 1. The average Bonchev–Trinajstić information content (AvgIpc) is 3.33.